The van der Waals surface area contributed by atoms with E-state index in [1.807, 2.05) is 35.8 Å². The van der Waals surface area contributed by atoms with Crippen molar-refractivity contribution in [3.05, 3.63) is 70.3 Å². The maximum Gasteiger partial charge on any atom is 0.289 e. The summed E-state index contributed by atoms with van der Waals surface area (Å²) in [7, 11) is 0. The van der Waals surface area contributed by atoms with Crippen LogP contribution >= 0.6 is 23.4 Å². The Morgan fingerprint density at radius 2 is 2.12 bits per heavy atom. The van der Waals surface area contributed by atoms with E-state index in [9.17, 15) is 14.9 Å². The number of nitrogens with zero attached hydrogens (tertiary/aromatic N) is 4. The van der Waals surface area contributed by atoms with Gasteiger partial charge in [0.25, 0.3) is 5.69 Å². The van der Waals surface area contributed by atoms with E-state index in [0.717, 1.165) is 5.56 Å². The lowest BCUT2D eigenvalue weighted by molar-refractivity contribution is -0.384. The van der Waals surface area contributed by atoms with Crippen molar-refractivity contribution in [2.45, 2.75) is 18.6 Å². The van der Waals surface area contributed by atoms with Gasteiger partial charge >= 0.3 is 0 Å². The number of thioether (sulfide) groups is 1. The van der Waals surface area contributed by atoms with Crippen molar-refractivity contribution in [3.63, 3.8) is 0 Å². The number of amides is 1. The standard InChI is InChI=1S/C21H20ClN5O4S/c1-3-11-26-20(15-7-5-6-8-18(15)31-4-2)24-25-21(26)32-13-19(28)23-14-9-10-16(22)17(12-14)27(29)30/h3,5-10,12H,1,4,11,13H2,2H3,(H,23,28). The molecule has 166 valence electrons. The van der Waals surface area contributed by atoms with Crippen LogP contribution in [0.4, 0.5) is 11.4 Å². The number of hydrogen-bond acceptors (Lipinski definition) is 7. The largest absolute Gasteiger partial charge is 0.493 e. The van der Waals surface area contributed by atoms with Crippen molar-refractivity contribution < 1.29 is 14.5 Å². The summed E-state index contributed by atoms with van der Waals surface area (Å²) in [6.07, 6.45) is 1.72. The third kappa shape index (κ3) is 5.45. The smallest absolute Gasteiger partial charge is 0.289 e. The molecule has 0 saturated carbocycles. The zero-order valence-electron chi connectivity index (χ0n) is 17.2. The second-order valence-corrected chi connectivity index (χ2v) is 7.74. The summed E-state index contributed by atoms with van der Waals surface area (Å²) in [5, 5.41) is 22.7. The number of nitro groups is 1. The van der Waals surface area contributed by atoms with Gasteiger partial charge in [0, 0.05) is 18.3 Å². The first-order valence-electron chi connectivity index (χ1n) is 9.57. The van der Waals surface area contributed by atoms with Gasteiger partial charge in [0.05, 0.1) is 22.8 Å². The molecule has 1 N–H and O–H groups in total. The zero-order valence-corrected chi connectivity index (χ0v) is 18.7. The van der Waals surface area contributed by atoms with Crippen LogP contribution in [-0.2, 0) is 11.3 Å². The highest BCUT2D eigenvalue weighted by Crippen LogP contribution is 2.31. The van der Waals surface area contributed by atoms with Gasteiger partial charge in [0.15, 0.2) is 11.0 Å². The second-order valence-electron chi connectivity index (χ2n) is 6.39. The van der Waals surface area contributed by atoms with E-state index < -0.39 is 4.92 Å². The molecule has 32 heavy (non-hydrogen) atoms. The fraction of sp³-hybridized carbons (Fsp3) is 0.190. The predicted molar refractivity (Wildman–Crippen MR) is 124 cm³/mol. The summed E-state index contributed by atoms with van der Waals surface area (Å²) in [4.78, 5) is 22.8. The number of nitro benzene ring substituents is 1. The first kappa shape index (κ1) is 23.3. The highest BCUT2D eigenvalue weighted by molar-refractivity contribution is 7.99. The van der Waals surface area contributed by atoms with E-state index in [0.29, 0.717) is 29.9 Å². The van der Waals surface area contributed by atoms with Crippen molar-refractivity contribution in [1.82, 2.24) is 14.8 Å². The minimum atomic E-state index is -0.605. The van der Waals surface area contributed by atoms with E-state index in [-0.39, 0.29) is 28.1 Å². The van der Waals surface area contributed by atoms with Gasteiger partial charge in [0.1, 0.15) is 10.8 Å². The number of para-hydroxylation sites is 1. The van der Waals surface area contributed by atoms with Gasteiger partial charge < -0.3 is 10.1 Å². The number of carbonyl (C=O) groups is 1. The number of allylic oxidation sites excluding steroid dienone is 1. The molecule has 3 aromatic rings. The number of halogens is 1. The third-order valence-corrected chi connectivity index (χ3v) is 5.50. The Kier molecular flexibility index (Phi) is 7.85. The Hall–Kier alpha value is -3.37. The second kappa shape index (κ2) is 10.8. The molecule has 9 nitrogen and oxygen atoms in total. The van der Waals surface area contributed by atoms with Crippen molar-refractivity contribution in [3.8, 4) is 17.1 Å². The molecule has 2 aromatic carbocycles. The van der Waals surface area contributed by atoms with Crippen molar-refractivity contribution >= 4 is 40.6 Å². The maximum absolute atomic E-state index is 12.4. The molecule has 0 spiro atoms. The maximum atomic E-state index is 12.4. The molecule has 0 saturated heterocycles. The molecule has 0 bridgehead atoms. The Bertz CT molecular complexity index is 1150. The fourth-order valence-electron chi connectivity index (χ4n) is 2.88. The molecule has 0 unspecified atom stereocenters. The molecule has 0 radical (unpaired) electrons. The van der Waals surface area contributed by atoms with Crippen LogP contribution in [0.3, 0.4) is 0 Å². The lowest BCUT2D eigenvalue weighted by atomic mass is 10.2. The topological polar surface area (TPSA) is 112 Å². The van der Waals surface area contributed by atoms with Crippen LogP contribution in [0.15, 0.2) is 60.3 Å². The molecule has 0 atom stereocenters. The summed E-state index contributed by atoms with van der Waals surface area (Å²) in [6, 6.07) is 11.6. The SMILES string of the molecule is C=CCn1c(SCC(=O)Nc2ccc(Cl)c([N+](=O)[O-])c2)nnc1-c1ccccc1OCC. The first-order valence-corrected chi connectivity index (χ1v) is 10.9. The molecule has 0 fully saturated rings. The van der Waals surface area contributed by atoms with E-state index >= 15 is 0 Å². The molecule has 0 aliphatic heterocycles. The number of aromatic nitrogens is 3. The first-order chi connectivity index (χ1) is 15.4. The normalized spacial score (nSPS) is 10.6. The van der Waals surface area contributed by atoms with Crippen molar-refractivity contribution in [2.75, 3.05) is 17.7 Å². The number of nitrogens with one attached hydrogen (secondary N) is 1. The molecule has 1 aromatic heterocycles. The predicted octanol–water partition coefficient (Wildman–Crippen LogP) is 4.82. The number of carbonyl (C=O) groups excluding carboxylic acids is 1. The minimum Gasteiger partial charge on any atom is -0.493 e. The van der Waals surface area contributed by atoms with Gasteiger partial charge in [-0.15, -0.1) is 16.8 Å². The monoisotopic (exact) mass is 473 g/mol. The Labute approximate surface area is 193 Å². The summed E-state index contributed by atoms with van der Waals surface area (Å²) >= 11 is 7.00. The van der Waals surface area contributed by atoms with Gasteiger partial charge in [-0.2, -0.15) is 0 Å². The molecule has 0 aliphatic carbocycles. The lowest BCUT2D eigenvalue weighted by Crippen LogP contribution is -2.15. The molecule has 1 amide bonds. The Morgan fingerprint density at radius 3 is 2.84 bits per heavy atom. The van der Waals surface area contributed by atoms with Crippen LogP contribution in [0.25, 0.3) is 11.4 Å². The van der Waals surface area contributed by atoms with Gasteiger partial charge in [-0.1, -0.05) is 41.6 Å². The number of benzene rings is 2. The molecule has 11 heteroatoms. The summed E-state index contributed by atoms with van der Waals surface area (Å²) < 4.78 is 7.54. The molecular formula is C21H20ClN5O4S. The summed E-state index contributed by atoms with van der Waals surface area (Å²) in [5.74, 6) is 0.964. The number of rotatable bonds is 10. The van der Waals surface area contributed by atoms with Crippen LogP contribution in [0, 0.1) is 10.1 Å². The Morgan fingerprint density at radius 1 is 1.34 bits per heavy atom. The van der Waals surface area contributed by atoms with Gasteiger partial charge in [0.2, 0.25) is 5.91 Å². The van der Waals surface area contributed by atoms with Crippen LogP contribution in [0.2, 0.25) is 5.02 Å². The Balaban J connectivity index is 1.76. The van der Waals surface area contributed by atoms with Crippen molar-refractivity contribution in [2.24, 2.45) is 0 Å². The van der Waals surface area contributed by atoms with Crippen LogP contribution in [-0.4, -0.2) is 38.0 Å². The van der Waals surface area contributed by atoms with Gasteiger partial charge in [-0.3, -0.25) is 19.5 Å². The highest BCUT2D eigenvalue weighted by Gasteiger charge is 2.18. The fourth-order valence-corrected chi connectivity index (χ4v) is 3.81. The van der Waals surface area contributed by atoms with E-state index in [2.05, 4.69) is 22.1 Å². The van der Waals surface area contributed by atoms with Gasteiger partial charge in [-0.25, -0.2) is 0 Å². The van der Waals surface area contributed by atoms with Crippen molar-refractivity contribution in [1.29, 1.82) is 0 Å². The molecule has 1 heterocycles. The van der Waals surface area contributed by atoms with Crippen LogP contribution in [0.5, 0.6) is 5.75 Å². The zero-order chi connectivity index (χ0) is 23.1. The van der Waals surface area contributed by atoms with E-state index in [1.54, 1.807) is 6.08 Å². The molecule has 0 aliphatic rings. The number of ether oxygens (including phenoxy) is 1. The average molecular weight is 474 g/mol. The highest BCUT2D eigenvalue weighted by atomic mass is 35.5. The third-order valence-electron chi connectivity index (χ3n) is 4.22. The number of anilines is 1. The molecular weight excluding hydrogens is 454 g/mol. The quantitative estimate of drug-likeness (QED) is 0.194. The summed E-state index contributed by atoms with van der Waals surface area (Å²) in [6.45, 7) is 6.64. The number of hydrogen-bond donors (Lipinski definition) is 1. The average Bonchev–Trinajstić information content (AvgIpc) is 3.17. The molecule has 3 rings (SSSR count). The van der Waals surface area contributed by atoms with Crippen LogP contribution in [0.1, 0.15) is 6.92 Å². The van der Waals surface area contributed by atoms with E-state index in [1.165, 1.54) is 30.0 Å². The lowest BCUT2D eigenvalue weighted by Gasteiger charge is -2.11. The minimum absolute atomic E-state index is 0.000218. The summed E-state index contributed by atoms with van der Waals surface area (Å²) in [5.41, 5.74) is 0.791. The van der Waals surface area contributed by atoms with Gasteiger partial charge in [-0.05, 0) is 31.2 Å². The van der Waals surface area contributed by atoms with E-state index in [4.69, 9.17) is 16.3 Å². The van der Waals surface area contributed by atoms with Crippen LogP contribution < -0.4 is 10.1 Å².